The fourth-order valence-corrected chi connectivity index (χ4v) is 4.82. The van der Waals surface area contributed by atoms with Crippen LogP contribution in [-0.2, 0) is 20.7 Å². The van der Waals surface area contributed by atoms with Crippen LogP contribution in [0.4, 0.5) is 35.9 Å². The van der Waals surface area contributed by atoms with Crippen molar-refractivity contribution in [1.82, 2.24) is 9.80 Å². The number of hydrogen-bond acceptors (Lipinski definition) is 5. The molecule has 2 heterocycles. The molecule has 13 heteroatoms. The van der Waals surface area contributed by atoms with Crippen molar-refractivity contribution in [2.24, 2.45) is 17.8 Å². The summed E-state index contributed by atoms with van der Waals surface area (Å²) in [4.78, 5) is 37.1. The molecule has 3 rings (SSSR count). The van der Waals surface area contributed by atoms with Gasteiger partial charge in [0.2, 0.25) is 0 Å². The van der Waals surface area contributed by atoms with Gasteiger partial charge >= 0.3 is 24.5 Å². The van der Waals surface area contributed by atoms with Crippen molar-refractivity contribution < 1.29 is 50.2 Å². The number of benzene rings is 1. The Morgan fingerprint density at radius 2 is 1.30 bits per heavy atom. The first kappa shape index (κ1) is 36.2. The number of ether oxygens (including phenoxy) is 2. The number of likely N-dealkylation sites (tertiary alicyclic amines) is 2. The van der Waals surface area contributed by atoms with Gasteiger partial charge in [0.15, 0.2) is 0 Å². The highest BCUT2D eigenvalue weighted by molar-refractivity contribution is 5.84. The normalized spacial score (nSPS) is 22.0. The van der Waals surface area contributed by atoms with E-state index in [1.165, 1.54) is 4.90 Å². The van der Waals surface area contributed by atoms with Crippen molar-refractivity contribution >= 4 is 18.0 Å². The predicted molar refractivity (Wildman–Crippen MR) is 147 cm³/mol. The molecular formula is C30H42F6N2O5. The van der Waals surface area contributed by atoms with Gasteiger partial charge in [-0.25, -0.2) is 9.59 Å². The first-order valence-corrected chi connectivity index (χ1v) is 14.2. The molecule has 2 amide bonds. The maximum absolute atomic E-state index is 13.5. The van der Waals surface area contributed by atoms with Crippen LogP contribution in [0.2, 0.25) is 0 Å². The van der Waals surface area contributed by atoms with Crippen LogP contribution in [0.5, 0.6) is 0 Å². The summed E-state index contributed by atoms with van der Waals surface area (Å²) < 4.78 is 88.4. The van der Waals surface area contributed by atoms with Crippen molar-refractivity contribution in [3.05, 3.63) is 35.9 Å². The van der Waals surface area contributed by atoms with E-state index in [1.807, 2.05) is 30.3 Å². The largest absolute Gasteiger partial charge is 0.444 e. The lowest BCUT2D eigenvalue weighted by molar-refractivity contribution is -0.200. The van der Waals surface area contributed by atoms with Crippen molar-refractivity contribution in [2.75, 3.05) is 26.2 Å². The van der Waals surface area contributed by atoms with Gasteiger partial charge in [0.1, 0.15) is 22.9 Å². The second kappa shape index (κ2) is 14.2. The van der Waals surface area contributed by atoms with E-state index in [0.717, 1.165) is 10.5 Å². The first-order chi connectivity index (χ1) is 19.6. The van der Waals surface area contributed by atoms with Gasteiger partial charge in [-0.15, -0.1) is 0 Å². The fourth-order valence-electron chi connectivity index (χ4n) is 4.82. The second-order valence-electron chi connectivity index (χ2n) is 12.9. The van der Waals surface area contributed by atoms with E-state index in [1.54, 1.807) is 41.5 Å². The van der Waals surface area contributed by atoms with Crippen molar-refractivity contribution in [3.63, 3.8) is 0 Å². The van der Waals surface area contributed by atoms with Crippen LogP contribution in [-0.4, -0.2) is 77.5 Å². The van der Waals surface area contributed by atoms with Gasteiger partial charge in [-0.05, 0) is 72.3 Å². The highest BCUT2D eigenvalue weighted by atomic mass is 19.4. The van der Waals surface area contributed by atoms with Gasteiger partial charge in [0.05, 0.1) is 5.92 Å². The van der Waals surface area contributed by atoms with Gasteiger partial charge < -0.3 is 19.3 Å². The van der Waals surface area contributed by atoms with Gasteiger partial charge in [-0.2, -0.15) is 26.3 Å². The van der Waals surface area contributed by atoms with Crippen LogP contribution in [0.3, 0.4) is 0 Å². The standard InChI is InChI=1S/C19H26F3NO2.C11H16F3NO3/c1-18(2,3)25-17(24)23-12-11-15(16(13-23)19(20,21)22)10-9-14-7-5-4-6-8-14;1-10(2,3)18-9(17)15-5-4-8(16)7(6-15)11(12,13)14/h4-8,15-16H,9-13H2,1-3H3;7H,4-6H2,1-3H3/t15?,16-;/m0./s1. The number of Topliss-reactive ketones (excluding diaryl/α,β-unsaturated/α-hetero) is 1. The minimum atomic E-state index is -4.61. The van der Waals surface area contributed by atoms with Crippen LogP contribution in [0.1, 0.15) is 66.4 Å². The molecule has 0 N–H and O–H groups in total. The summed E-state index contributed by atoms with van der Waals surface area (Å²) in [6.45, 7) is 9.30. The number of carbonyl (C=O) groups excluding carboxylic acids is 3. The molecule has 0 saturated carbocycles. The molecule has 244 valence electrons. The summed E-state index contributed by atoms with van der Waals surface area (Å²) in [7, 11) is 0. The Labute approximate surface area is 248 Å². The molecule has 43 heavy (non-hydrogen) atoms. The highest BCUT2D eigenvalue weighted by Gasteiger charge is 2.49. The molecule has 3 atom stereocenters. The van der Waals surface area contributed by atoms with E-state index in [-0.39, 0.29) is 19.5 Å². The molecule has 2 aliphatic heterocycles. The van der Waals surface area contributed by atoms with Crippen molar-refractivity contribution in [1.29, 1.82) is 0 Å². The van der Waals surface area contributed by atoms with Crippen molar-refractivity contribution in [3.8, 4) is 0 Å². The lowest BCUT2D eigenvalue weighted by Crippen LogP contribution is -2.50. The number of nitrogens with zero attached hydrogens (tertiary/aromatic N) is 2. The minimum Gasteiger partial charge on any atom is -0.444 e. The zero-order chi connectivity index (χ0) is 32.8. The Morgan fingerprint density at radius 3 is 1.77 bits per heavy atom. The van der Waals surface area contributed by atoms with E-state index in [2.05, 4.69) is 0 Å². The molecule has 7 nitrogen and oxygen atoms in total. The maximum atomic E-state index is 13.5. The van der Waals surface area contributed by atoms with Crippen LogP contribution in [0.15, 0.2) is 30.3 Å². The number of ketones is 1. The lowest BCUT2D eigenvalue weighted by Gasteiger charge is -2.39. The highest BCUT2D eigenvalue weighted by Crippen LogP contribution is 2.40. The van der Waals surface area contributed by atoms with Crippen LogP contribution in [0.25, 0.3) is 0 Å². The molecule has 2 aliphatic rings. The van der Waals surface area contributed by atoms with Crippen molar-refractivity contribution in [2.45, 2.75) is 90.8 Å². The maximum Gasteiger partial charge on any atom is 0.410 e. The van der Waals surface area contributed by atoms with Gasteiger partial charge in [0.25, 0.3) is 0 Å². The number of alkyl halides is 6. The van der Waals surface area contributed by atoms with E-state index < -0.39 is 65.8 Å². The van der Waals surface area contributed by atoms with Gasteiger partial charge in [-0.3, -0.25) is 4.79 Å². The summed E-state index contributed by atoms with van der Waals surface area (Å²) >= 11 is 0. The first-order valence-electron chi connectivity index (χ1n) is 14.2. The Hall–Kier alpha value is -2.99. The monoisotopic (exact) mass is 624 g/mol. The van der Waals surface area contributed by atoms with Gasteiger partial charge in [-0.1, -0.05) is 30.3 Å². The van der Waals surface area contributed by atoms with E-state index in [4.69, 9.17) is 9.47 Å². The summed E-state index contributed by atoms with van der Waals surface area (Å²) in [5, 5.41) is 0. The predicted octanol–water partition coefficient (Wildman–Crippen LogP) is 7.43. The van der Waals surface area contributed by atoms with E-state index in [9.17, 15) is 40.7 Å². The number of piperidine rings is 2. The molecule has 0 aliphatic carbocycles. The smallest absolute Gasteiger partial charge is 0.410 e. The zero-order valence-corrected chi connectivity index (χ0v) is 25.5. The Morgan fingerprint density at radius 1 is 0.791 bits per heavy atom. The number of rotatable bonds is 3. The summed E-state index contributed by atoms with van der Waals surface area (Å²) in [6, 6.07) is 9.53. The number of aryl methyl sites for hydroxylation is 1. The molecule has 0 radical (unpaired) electrons. The minimum absolute atomic E-state index is 0.0275. The zero-order valence-electron chi connectivity index (χ0n) is 25.5. The molecule has 1 aromatic carbocycles. The quantitative estimate of drug-likeness (QED) is 0.327. The average molecular weight is 625 g/mol. The number of hydrogen-bond donors (Lipinski definition) is 0. The van der Waals surface area contributed by atoms with Gasteiger partial charge in [0, 0.05) is 32.6 Å². The Kier molecular flexibility index (Phi) is 12.0. The number of halogens is 6. The molecule has 2 saturated heterocycles. The van der Waals surface area contributed by atoms with E-state index >= 15 is 0 Å². The Bertz CT molecular complexity index is 1080. The molecule has 0 bridgehead atoms. The third-order valence-corrected chi connectivity index (χ3v) is 6.94. The molecule has 1 aromatic rings. The third-order valence-electron chi connectivity index (χ3n) is 6.94. The molecular weight excluding hydrogens is 582 g/mol. The van der Waals surface area contributed by atoms with Crippen LogP contribution >= 0.6 is 0 Å². The summed E-state index contributed by atoms with van der Waals surface area (Å²) in [6.07, 6.45) is -9.27. The number of carbonyl (C=O) groups is 3. The topological polar surface area (TPSA) is 76.1 Å². The average Bonchev–Trinajstić information content (AvgIpc) is 2.85. The van der Waals surface area contributed by atoms with Crippen LogP contribution in [0, 0.1) is 17.8 Å². The fraction of sp³-hybridized carbons (Fsp3) is 0.700. The molecule has 2 fully saturated rings. The lowest BCUT2D eigenvalue weighted by atomic mass is 9.81. The van der Waals surface area contributed by atoms with Crippen LogP contribution < -0.4 is 0 Å². The van der Waals surface area contributed by atoms with E-state index in [0.29, 0.717) is 25.8 Å². The molecule has 0 aromatic heterocycles. The molecule has 0 spiro atoms. The Balaban J connectivity index is 0.000000317. The second-order valence-corrected chi connectivity index (χ2v) is 12.9. The number of amides is 2. The molecule has 2 unspecified atom stereocenters. The summed E-state index contributed by atoms with van der Waals surface area (Å²) in [5.74, 6) is -4.95. The SMILES string of the molecule is CC(C)(C)OC(=O)N1CCC(=O)C(C(F)(F)F)C1.CC(C)(C)OC(=O)N1CCC(CCc2ccccc2)[C@@H](C(F)(F)F)C1. The third kappa shape index (κ3) is 12.3. The summed E-state index contributed by atoms with van der Waals surface area (Å²) in [5.41, 5.74) is -0.445.